The van der Waals surface area contributed by atoms with Crippen LogP contribution in [0, 0.1) is 0 Å². The summed E-state index contributed by atoms with van der Waals surface area (Å²) in [5, 5.41) is 0. The summed E-state index contributed by atoms with van der Waals surface area (Å²) >= 11 is 0. The van der Waals surface area contributed by atoms with E-state index < -0.39 is 0 Å². The van der Waals surface area contributed by atoms with Crippen LogP contribution >= 0.6 is 0 Å². The van der Waals surface area contributed by atoms with Gasteiger partial charge in [-0.15, -0.1) is 0 Å². The SMILES string of the molecule is COCCCN(C)C(=O)c1ccc2c(c1)C(=O)N(C(C)COC)C2=O. The summed E-state index contributed by atoms with van der Waals surface area (Å²) in [5.41, 5.74) is 0.983. The molecule has 0 N–H and O–H groups in total. The fraction of sp³-hybridized carbons (Fsp3) is 0.500. The average Bonchev–Trinajstić information content (AvgIpc) is 2.85. The molecule has 0 aromatic heterocycles. The molecular weight excluding hydrogens is 324 g/mol. The van der Waals surface area contributed by atoms with Crippen molar-refractivity contribution in [3.63, 3.8) is 0 Å². The number of carbonyl (C=O) groups is 3. The number of fused-ring (bicyclic) bond motifs is 1. The Bertz CT molecular complexity index is 673. The van der Waals surface area contributed by atoms with Gasteiger partial charge in [0, 0.05) is 40.0 Å². The Hall–Kier alpha value is -2.25. The summed E-state index contributed by atoms with van der Waals surface area (Å²) in [5.74, 6) is -0.930. The number of hydrogen-bond donors (Lipinski definition) is 0. The van der Waals surface area contributed by atoms with E-state index in [1.165, 1.54) is 18.1 Å². The maximum atomic E-state index is 12.6. The Morgan fingerprint density at radius 1 is 1.16 bits per heavy atom. The topological polar surface area (TPSA) is 76.2 Å². The molecule has 1 atom stereocenters. The predicted octanol–water partition coefficient (Wildman–Crippen LogP) is 1.43. The van der Waals surface area contributed by atoms with Crippen molar-refractivity contribution in [2.45, 2.75) is 19.4 Å². The predicted molar refractivity (Wildman–Crippen MR) is 91.7 cm³/mol. The molecule has 2 rings (SSSR count). The third-order valence-electron chi connectivity index (χ3n) is 4.20. The molecule has 136 valence electrons. The van der Waals surface area contributed by atoms with E-state index in [2.05, 4.69) is 0 Å². The minimum atomic E-state index is -0.388. The highest BCUT2D eigenvalue weighted by atomic mass is 16.5. The Kier molecular flexibility index (Phi) is 6.27. The number of hydrogen-bond acceptors (Lipinski definition) is 5. The lowest BCUT2D eigenvalue weighted by molar-refractivity contribution is 0.0497. The third kappa shape index (κ3) is 3.88. The van der Waals surface area contributed by atoms with Crippen LogP contribution in [0.5, 0.6) is 0 Å². The Morgan fingerprint density at radius 2 is 1.84 bits per heavy atom. The second kappa shape index (κ2) is 8.22. The van der Waals surface area contributed by atoms with Gasteiger partial charge in [-0.1, -0.05) is 0 Å². The van der Waals surface area contributed by atoms with E-state index in [1.54, 1.807) is 38.1 Å². The molecule has 0 radical (unpaired) electrons. The van der Waals surface area contributed by atoms with Crippen LogP contribution in [0.3, 0.4) is 0 Å². The van der Waals surface area contributed by atoms with Crippen LogP contribution in [0.25, 0.3) is 0 Å². The number of amides is 3. The van der Waals surface area contributed by atoms with Crippen LogP contribution < -0.4 is 0 Å². The number of imide groups is 1. The quantitative estimate of drug-likeness (QED) is 0.525. The molecular formula is C18H24N2O5. The smallest absolute Gasteiger partial charge is 0.261 e. The number of rotatable bonds is 8. The highest BCUT2D eigenvalue weighted by molar-refractivity contribution is 6.22. The summed E-state index contributed by atoms with van der Waals surface area (Å²) in [7, 11) is 4.83. The van der Waals surface area contributed by atoms with Crippen LogP contribution in [-0.4, -0.2) is 74.6 Å². The molecule has 1 unspecified atom stereocenters. The first-order chi connectivity index (χ1) is 11.9. The molecule has 7 heteroatoms. The maximum absolute atomic E-state index is 12.6. The molecule has 0 saturated carbocycles. The van der Waals surface area contributed by atoms with Gasteiger partial charge in [-0.25, -0.2) is 0 Å². The molecule has 1 aromatic carbocycles. The number of ether oxygens (including phenoxy) is 2. The third-order valence-corrected chi connectivity index (χ3v) is 4.20. The second-order valence-electron chi connectivity index (χ2n) is 6.12. The van der Waals surface area contributed by atoms with Crippen molar-refractivity contribution >= 4 is 17.7 Å². The number of methoxy groups -OCH3 is 2. The van der Waals surface area contributed by atoms with Crippen LogP contribution in [0.1, 0.15) is 44.4 Å². The first-order valence-electron chi connectivity index (χ1n) is 8.17. The molecule has 0 bridgehead atoms. The highest BCUT2D eigenvalue weighted by Gasteiger charge is 2.38. The van der Waals surface area contributed by atoms with Crippen molar-refractivity contribution in [2.75, 3.05) is 41.0 Å². The van der Waals surface area contributed by atoms with Gasteiger partial charge in [0.25, 0.3) is 17.7 Å². The minimum Gasteiger partial charge on any atom is -0.385 e. The molecule has 25 heavy (non-hydrogen) atoms. The minimum absolute atomic E-state index is 0.192. The first kappa shape index (κ1) is 19.1. The van der Waals surface area contributed by atoms with Crippen LogP contribution in [-0.2, 0) is 9.47 Å². The lowest BCUT2D eigenvalue weighted by Crippen LogP contribution is -2.40. The van der Waals surface area contributed by atoms with E-state index in [0.717, 1.165) is 6.42 Å². The highest BCUT2D eigenvalue weighted by Crippen LogP contribution is 2.26. The largest absolute Gasteiger partial charge is 0.385 e. The molecule has 1 aliphatic heterocycles. The molecule has 0 saturated heterocycles. The molecule has 0 spiro atoms. The van der Waals surface area contributed by atoms with Crippen LogP contribution in [0.2, 0.25) is 0 Å². The molecule has 1 heterocycles. The summed E-state index contributed by atoms with van der Waals surface area (Å²) in [6, 6.07) is 4.27. The van der Waals surface area contributed by atoms with E-state index in [0.29, 0.717) is 24.3 Å². The maximum Gasteiger partial charge on any atom is 0.261 e. The average molecular weight is 348 g/mol. The van der Waals surface area contributed by atoms with Gasteiger partial charge in [-0.2, -0.15) is 0 Å². The van der Waals surface area contributed by atoms with Gasteiger partial charge < -0.3 is 14.4 Å². The Morgan fingerprint density at radius 3 is 2.48 bits per heavy atom. The van der Waals surface area contributed by atoms with Crippen molar-refractivity contribution < 1.29 is 23.9 Å². The molecule has 7 nitrogen and oxygen atoms in total. The Labute approximate surface area is 147 Å². The fourth-order valence-electron chi connectivity index (χ4n) is 2.88. The zero-order chi connectivity index (χ0) is 18.6. The molecule has 1 aliphatic rings. The molecule has 1 aromatic rings. The molecule has 0 aliphatic carbocycles. The first-order valence-corrected chi connectivity index (χ1v) is 8.17. The van der Waals surface area contributed by atoms with Gasteiger partial charge in [0.1, 0.15) is 0 Å². The fourth-order valence-corrected chi connectivity index (χ4v) is 2.88. The second-order valence-corrected chi connectivity index (χ2v) is 6.12. The van der Waals surface area contributed by atoms with E-state index in [4.69, 9.17) is 9.47 Å². The van der Waals surface area contributed by atoms with Crippen LogP contribution in [0.4, 0.5) is 0 Å². The van der Waals surface area contributed by atoms with Gasteiger partial charge in [0.05, 0.1) is 23.8 Å². The number of nitrogens with zero attached hydrogens (tertiary/aromatic N) is 2. The van der Waals surface area contributed by atoms with Crippen molar-refractivity contribution in [1.29, 1.82) is 0 Å². The Balaban J connectivity index is 2.20. The van der Waals surface area contributed by atoms with Gasteiger partial charge in [0.2, 0.25) is 0 Å². The summed E-state index contributed by atoms with van der Waals surface area (Å²) in [6.07, 6.45) is 0.726. The summed E-state index contributed by atoms with van der Waals surface area (Å²) < 4.78 is 10.0. The normalized spacial score (nSPS) is 14.6. The van der Waals surface area contributed by atoms with E-state index in [9.17, 15) is 14.4 Å². The van der Waals surface area contributed by atoms with Gasteiger partial charge in [0.15, 0.2) is 0 Å². The van der Waals surface area contributed by atoms with E-state index in [1.807, 2.05) is 0 Å². The van der Waals surface area contributed by atoms with Gasteiger partial charge in [-0.3, -0.25) is 19.3 Å². The van der Waals surface area contributed by atoms with Gasteiger partial charge in [-0.05, 0) is 31.5 Å². The standard InChI is InChI=1S/C18H24N2O5/c1-12(11-25-4)20-17(22)14-7-6-13(10-15(14)18(20)23)16(21)19(2)8-5-9-24-3/h6-7,10,12H,5,8-9,11H2,1-4H3. The van der Waals surface area contributed by atoms with Gasteiger partial charge >= 0.3 is 0 Å². The lowest BCUT2D eigenvalue weighted by atomic mass is 10.0. The van der Waals surface area contributed by atoms with Crippen molar-refractivity contribution in [1.82, 2.24) is 9.80 Å². The lowest BCUT2D eigenvalue weighted by Gasteiger charge is -2.21. The summed E-state index contributed by atoms with van der Waals surface area (Å²) in [4.78, 5) is 40.3. The monoisotopic (exact) mass is 348 g/mol. The van der Waals surface area contributed by atoms with E-state index in [-0.39, 0.29) is 35.9 Å². The van der Waals surface area contributed by atoms with Crippen LogP contribution in [0.15, 0.2) is 18.2 Å². The van der Waals surface area contributed by atoms with Crippen molar-refractivity contribution in [3.8, 4) is 0 Å². The van der Waals surface area contributed by atoms with Crippen molar-refractivity contribution in [2.24, 2.45) is 0 Å². The number of carbonyl (C=O) groups excluding carboxylic acids is 3. The molecule has 0 fully saturated rings. The van der Waals surface area contributed by atoms with E-state index >= 15 is 0 Å². The zero-order valence-corrected chi connectivity index (χ0v) is 15.1. The zero-order valence-electron chi connectivity index (χ0n) is 15.1. The summed E-state index contributed by atoms with van der Waals surface area (Å²) in [6.45, 7) is 3.13. The van der Waals surface area contributed by atoms with Crippen molar-refractivity contribution in [3.05, 3.63) is 34.9 Å². The molecule has 3 amide bonds. The number of benzene rings is 1.